The second-order valence-corrected chi connectivity index (χ2v) is 6.93. The summed E-state index contributed by atoms with van der Waals surface area (Å²) in [5.41, 5.74) is 1.13. The lowest BCUT2D eigenvalue weighted by molar-refractivity contribution is 0.0774. The van der Waals surface area contributed by atoms with E-state index in [1.165, 1.54) is 4.90 Å². The highest BCUT2D eigenvalue weighted by Gasteiger charge is 2.21. The molecule has 0 aliphatic heterocycles. The fraction of sp³-hybridized carbons (Fsp3) is 0.333. The number of ether oxygens (including phenoxy) is 1. The molecular weight excluding hydrogens is 372 g/mol. The molecule has 0 N–H and O–H groups in total. The largest absolute Gasteiger partial charge is 0.497 e. The fourth-order valence-corrected chi connectivity index (χ4v) is 3.04. The summed E-state index contributed by atoms with van der Waals surface area (Å²) in [7, 11) is 5.04. The summed E-state index contributed by atoms with van der Waals surface area (Å²) in [6, 6.07) is 9.50. The lowest BCUT2D eigenvalue weighted by atomic mass is 10.1. The van der Waals surface area contributed by atoms with Crippen molar-refractivity contribution in [2.24, 2.45) is 7.05 Å². The second-order valence-electron chi connectivity index (χ2n) is 6.93. The number of carbonyl (C=O) groups is 1. The van der Waals surface area contributed by atoms with Crippen LogP contribution in [0.15, 0.2) is 45.9 Å². The van der Waals surface area contributed by atoms with Gasteiger partial charge in [0.25, 0.3) is 5.91 Å². The van der Waals surface area contributed by atoms with Crippen molar-refractivity contribution in [2.75, 3.05) is 14.2 Å². The van der Waals surface area contributed by atoms with Gasteiger partial charge in [0.1, 0.15) is 23.4 Å². The first-order valence-electron chi connectivity index (χ1n) is 9.24. The van der Waals surface area contributed by atoms with E-state index in [-0.39, 0.29) is 12.1 Å². The molecule has 0 aliphatic carbocycles. The van der Waals surface area contributed by atoms with Crippen LogP contribution in [0.25, 0.3) is 0 Å². The predicted octanol–water partition coefficient (Wildman–Crippen LogP) is 2.14. The SMILES string of the molecule is COc1ccc(CCc2cc(C)c(C(=O)N(C)Cc3nncn3C)c(=O)o2)cc1. The normalized spacial score (nSPS) is 10.8. The molecule has 8 heteroatoms. The Balaban J connectivity index is 1.71. The quantitative estimate of drug-likeness (QED) is 0.608. The minimum Gasteiger partial charge on any atom is -0.497 e. The van der Waals surface area contributed by atoms with Gasteiger partial charge < -0.3 is 18.6 Å². The molecule has 8 nitrogen and oxygen atoms in total. The van der Waals surface area contributed by atoms with Crippen molar-refractivity contribution in [2.45, 2.75) is 26.3 Å². The van der Waals surface area contributed by atoms with Crippen LogP contribution < -0.4 is 10.4 Å². The van der Waals surface area contributed by atoms with E-state index in [9.17, 15) is 9.59 Å². The number of aryl methyl sites for hydroxylation is 4. The molecule has 0 spiro atoms. The van der Waals surface area contributed by atoms with Gasteiger partial charge in [0.05, 0.1) is 13.7 Å². The summed E-state index contributed by atoms with van der Waals surface area (Å²) in [6.45, 7) is 1.99. The van der Waals surface area contributed by atoms with E-state index >= 15 is 0 Å². The molecule has 0 unspecified atom stereocenters. The van der Waals surface area contributed by atoms with Crippen LogP contribution in [0.1, 0.15) is 33.1 Å². The van der Waals surface area contributed by atoms with Gasteiger partial charge in [0.15, 0.2) is 5.82 Å². The fourth-order valence-electron chi connectivity index (χ4n) is 3.04. The van der Waals surface area contributed by atoms with Gasteiger partial charge in [-0.1, -0.05) is 12.1 Å². The molecule has 1 amide bonds. The van der Waals surface area contributed by atoms with Crippen LogP contribution in [0.3, 0.4) is 0 Å². The van der Waals surface area contributed by atoms with Gasteiger partial charge >= 0.3 is 5.63 Å². The maximum atomic E-state index is 12.8. The van der Waals surface area contributed by atoms with Gasteiger partial charge in [-0.3, -0.25) is 4.79 Å². The highest BCUT2D eigenvalue weighted by molar-refractivity contribution is 5.94. The molecule has 1 aromatic carbocycles. The number of nitrogens with zero attached hydrogens (tertiary/aromatic N) is 4. The number of benzene rings is 1. The maximum Gasteiger partial charge on any atom is 0.349 e. The van der Waals surface area contributed by atoms with Crippen molar-refractivity contribution in [1.29, 1.82) is 0 Å². The standard InChI is InChI=1S/C21H24N4O4/c1-14-11-17(10-7-15-5-8-16(28-4)9-6-15)29-21(27)19(14)20(26)24(2)12-18-23-22-13-25(18)3/h5-6,8-9,11,13H,7,10,12H2,1-4H3. The summed E-state index contributed by atoms with van der Waals surface area (Å²) >= 11 is 0. The topological polar surface area (TPSA) is 90.5 Å². The van der Waals surface area contributed by atoms with E-state index in [1.54, 1.807) is 45.1 Å². The zero-order valence-electron chi connectivity index (χ0n) is 17.0. The summed E-state index contributed by atoms with van der Waals surface area (Å²) < 4.78 is 12.3. The molecule has 0 saturated heterocycles. The third kappa shape index (κ3) is 4.71. The van der Waals surface area contributed by atoms with Crippen LogP contribution in [0, 0.1) is 6.92 Å². The first-order chi connectivity index (χ1) is 13.9. The average molecular weight is 396 g/mol. The van der Waals surface area contributed by atoms with E-state index < -0.39 is 11.5 Å². The van der Waals surface area contributed by atoms with Gasteiger partial charge in [-0.05, 0) is 42.7 Å². The molecule has 0 radical (unpaired) electrons. The minimum atomic E-state index is -0.621. The number of aromatic nitrogens is 3. The molecule has 2 aromatic heterocycles. The van der Waals surface area contributed by atoms with Gasteiger partial charge in [-0.2, -0.15) is 0 Å². The number of amides is 1. The van der Waals surface area contributed by atoms with E-state index in [1.807, 2.05) is 24.3 Å². The third-order valence-electron chi connectivity index (χ3n) is 4.76. The predicted molar refractivity (Wildman–Crippen MR) is 107 cm³/mol. The zero-order chi connectivity index (χ0) is 21.0. The molecule has 2 heterocycles. The summed E-state index contributed by atoms with van der Waals surface area (Å²) in [4.78, 5) is 26.7. The van der Waals surface area contributed by atoms with E-state index in [4.69, 9.17) is 9.15 Å². The molecule has 152 valence electrons. The van der Waals surface area contributed by atoms with E-state index in [0.717, 1.165) is 11.3 Å². The highest BCUT2D eigenvalue weighted by Crippen LogP contribution is 2.15. The number of methoxy groups -OCH3 is 1. The molecule has 0 atom stereocenters. The van der Waals surface area contributed by atoms with Crippen LogP contribution in [-0.4, -0.2) is 39.7 Å². The van der Waals surface area contributed by atoms with Crippen molar-refractivity contribution in [3.8, 4) is 5.75 Å². The summed E-state index contributed by atoms with van der Waals surface area (Å²) in [5.74, 6) is 1.57. The smallest absolute Gasteiger partial charge is 0.349 e. The van der Waals surface area contributed by atoms with Crippen molar-refractivity contribution >= 4 is 5.91 Å². The van der Waals surface area contributed by atoms with Crippen molar-refractivity contribution in [3.05, 3.63) is 75.4 Å². The minimum absolute atomic E-state index is 0.0443. The van der Waals surface area contributed by atoms with E-state index in [0.29, 0.717) is 30.0 Å². The summed E-state index contributed by atoms with van der Waals surface area (Å²) in [5, 5.41) is 7.76. The van der Waals surface area contributed by atoms with Crippen molar-refractivity contribution in [3.63, 3.8) is 0 Å². The lowest BCUT2D eigenvalue weighted by Gasteiger charge is -2.17. The Morgan fingerprint density at radius 2 is 1.97 bits per heavy atom. The Morgan fingerprint density at radius 1 is 1.24 bits per heavy atom. The molecule has 3 aromatic rings. The molecule has 0 bridgehead atoms. The van der Waals surface area contributed by atoms with Gasteiger partial charge in [-0.15, -0.1) is 10.2 Å². The highest BCUT2D eigenvalue weighted by atomic mass is 16.5. The van der Waals surface area contributed by atoms with Gasteiger partial charge in [-0.25, -0.2) is 4.79 Å². The van der Waals surface area contributed by atoms with Crippen LogP contribution in [0.5, 0.6) is 5.75 Å². The van der Waals surface area contributed by atoms with Crippen molar-refractivity contribution in [1.82, 2.24) is 19.7 Å². The zero-order valence-corrected chi connectivity index (χ0v) is 17.0. The van der Waals surface area contributed by atoms with Crippen LogP contribution in [0.2, 0.25) is 0 Å². The Morgan fingerprint density at radius 3 is 2.55 bits per heavy atom. The molecule has 3 rings (SSSR count). The first-order valence-corrected chi connectivity index (χ1v) is 9.24. The lowest BCUT2D eigenvalue weighted by Crippen LogP contribution is -2.32. The van der Waals surface area contributed by atoms with Gasteiger partial charge in [0, 0.05) is 20.5 Å². The van der Waals surface area contributed by atoms with E-state index in [2.05, 4.69) is 10.2 Å². The number of hydrogen-bond donors (Lipinski definition) is 0. The molecular formula is C21H24N4O4. The Hall–Kier alpha value is -3.42. The Labute approximate surface area is 168 Å². The van der Waals surface area contributed by atoms with Crippen LogP contribution >= 0.6 is 0 Å². The second kappa shape index (κ2) is 8.72. The number of rotatable bonds is 7. The third-order valence-corrected chi connectivity index (χ3v) is 4.76. The molecule has 29 heavy (non-hydrogen) atoms. The molecule has 0 aliphatic rings. The van der Waals surface area contributed by atoms with Crippen molar-refractivity contribution < 1.29 is 13.9 Å². The average Bonchev–Trinajstić information content (AvgIpc) is 3.10. The molecule has 0 fully saturated rings. The summed E-state index contributed by atoms with van der Waals surface area (Å²) in [6.07, 6.45) is 2.84. The number of hydrogen-bond acceptors (Lipinski definition) is 6. The Kier molecular flexibility index (Phi) is 6.11. The molecule has 0 saturated carbocycles. The monoisotopic (exact) mass is 396 g/mol. The number of carbonyl (C=O) groups excluding carboxylic acids is 1. The van der Waals surface area contributed by atoms with Crippen LogP contribution in [0.4, 0.5) is 0 Å². The Bertz CT molecular complexity index is 1050. The first kappa shape index (κ1) is 20.3. The van der Waals surface area contributed by atoms with Crippen LogP contribution in [-0.2, 0) is 26.4 Å². The van der Waals surface area contributed by atoms with Gasteiger partial charge in [0.2, 0.25) is 0 Å². The maximum absolute atomic E-state index is 12.8.